The van der Waals surface area contributed by atoms with Crippen molar-refractivity contribution >= 4 is 33.4 Å². The lowest BCUT2D eigenvalue weighted by atomic mass is 10.2. The topological polar surface area (TPSA) is 59.1 Å². The summed E-state index contributed by atoms with van der Waals surface area (Å²) < 4.78 is 26.3. The van der Waals surface area contributed by atoms with Gasteiger partial charge in [0.05, 0.1) is 5.02 Å². The molecule has 0 aliphatic heterocycles. The molecule has 0 aliphatic carbocycles. The molecular formula is C10H15ClN2O2S2. The standard InChI is InChI=1S/C10H15ClN2O2S2/c1-8(7-16-2)4-13-17(14,15)10-3-9(11)5-12-6-10/h3,5-6,8,13H,4,7H2,1-2H3/t8-/m0/s1. The van der Waals surface area contributed by atoms with Crippen LogP contribution in [0.1, 0.15) is 6.92 Å². The number of pyridine rings is 1. The van der Waals surface area contributed by atoms with Crippen molar-refractivity contribution in [1.82, 2.24) is 9.71 Å². The molecule has 96 valence electrons. The second kappa shape index (κ2) is 6.58. The van der Waals surface area contributed by atoms with Gasteiger partial charge in [-0.3, -0.25) is 4.98 Å². The van der Waals surface area contributed by atoms with Crippen LogP contribution in [0.2, 0.25) is 5.02 Å². The van der Waals surface area contributed by atoms with Crippen molar-refractivity contribution in [2.75, 3.05) is 18.6 Å². The van der Waals surface area contributed by atoms with Gasteiger partial charge in [0.1, 0.15) is 4.90 Å². The van der Waals surface area contributed by atoms with Crippen LogP contribution in [0.15, 0.2) is 23.4 Å². The van der Waals surface area contributed by atoms with Crippen LogP contribution in [0.4, 0.5) is 0 Å². The van der Waals surface area contributed by atoms with Gasteiger partial charge in [0, 0.05) is 18.9 Å². The molecule has 0 fully saturated rings. The molecule has 0 aromatic carbocycles. The van der Waals surface area contributed by atoms with Crippen molar-refractivity contribution in [3.63, 3.8) is 0 Å². The van der Waals surface area contributed by atoms with E-state index in [0.29, 0.717) is 11.6 Å². The Morgan fingerprint density at radius 1 is 1.53 bits per heavy atom. The lowest BCUT2D eigenvalue weighted by molar-refractivity contribution is 0.562. The molecule has 1 heterocycles. The fraction of sp³-hybridized carbons (Fsp3) is 0.500. The van der Waals surface area contributed by atoms with Gasteiger partial charge in [-0.25, -0.2) is 13.1 Å². The van der Waals surface area contributed by atoms with E-state index in [1.165, 1.54) is 18.5 Å². The summed E-state index contributed by atoms with van der Waals surface area (Å²) in [5.41, 5.74) is 0. The Hall–Kier alpha value is -0.300. The number of halogens is 1. The number of nitrogens with one attached hydrogen (secondary N) is 1. The lowest BCUT2D eigenvalue weighted by Gasteiger charge is -2.11. The smallest absolute Gasteiger partial charge is 0.242 e. The maximum atomic E-state index is 11.9. The normalized spacial score (nSPS) is 13.6. The van der Waals surface area contributed by atoms with Gasteiger partial charge in [0.25, 0.3) is 0 Å². The van der Waals surface area contributed by atoms with Crippen LogP contribution in [-0.2, 0) is 10.0 Å². The number of hydrogen-bond donors (Lipinski definition) is 1. The third kappa shape index (κ3) is 4.83. The summed E-state index contributed by atoms with van der Waals surface area (Å²) in [6.07, 6.45) is 4.68. The molecule has 1 N–H and O–H groups in total. The number of nitrogens with zero attached hydrogens (tertiary/aromatic N) is 1. The van der Waals surface area contributed by atoms with Crippen LogP contribution in [0.3, 0.4) is 0 Å². The van der Waals surface area contributed by atoms with E-state index in [0.717, 1.165) is 5.75 Å². The zero-order valence-corrected chi connectivity index (χ0v) is 12.1. The molecule has 4 nitrogen and oxygen atoms in total. The van der Waals surface area contributed by atoms with Crippen molar-refractivity contribution in [3.05, 3.63) is 23.5 Å². The summed E-state index contributed by atoms with van der Waals surface area (Å²) in [5, 5.41) is 0.310. The van der Waals surface area contributed by atoms with E-state index in [-0.39, 0.29) is 10.8 Å². The Bertz CT molecular complexity index is 465. The molecule has 1 rings (SSSR count). The molecule has 1 aromatic heterocycles. The summed E-state index contributed by atoms with van der Waals surface area (Å²) in [6.45, 7) is 2.41. The SMILES string of the molecule is CSC[C@@H](C)CNS(=O)(=O)c1cncc(Cl)c1. The third-order valence-corrected chi connectivity index (χ3v) is 4.56. The van der Waals surface area contributed by atoms with Crippen molar-refractivity contribution in [2.24, 2.45) is 5.92 Å². The van der Waals surface area contributed by atoms with Crippen LogP contribution in [0, 0.1) is 5.92 Å². The second-order valence-corrected chi connectivity index (χ2v) is 6.87. The van der Waals surface area contributed by atoms with Gasteiger partial charge in [0.2, 0.25) is 10.0 Å². The average molecular weight is 295 g/mol. The monoisotopic (exact) mass is 294 g/mol. The fourth-order valence-electron chi connectivity index (χ4n) is 1.22. The van der Waals surface area contributed by atoms with Gasteiger partial charge < -0.3 is 0 Å². The molecule has 0 bridgehead atoms. The van der Waals surface area contributed by atoms with E-state index in [1.54, 1.807) is 11.8 Å². The van der Waals surface area contributed by atoms with Crippen molar-refractivity contribution in [2.45, 2.75) is 11.8 Å². The number of aromatic nitrogens is 1. The first kappa shape index (κ1) is 14.8. The first-order valence-electron chi connectivity index (χ1n) is 5.05. The Morgan fingerprint density at radius 2 is 2.24 bits per heavy atom. The average Bonchev–Trinajstić information content (AvgIpc) is 2.27. The third-order valence-electron chi connectivity index (χ3n) is 2.06. The molecule has 0 radical (unpaired) electrons. The van der Waals surface area contributed by atoms with Crippen molar-refractivity contribution < 1.29 is 8.42 Å². The highest BCUT2D eigenvalue weighted by atomic mass is 35.5. The molecule has 0 saturated heterocycles. The van der Waals surface area contributed by atoms with Gasteiger partial charge >= 0.3 is 0 Å². The van der Waals surface area contributed by atoms with Crippen molar-refractivity contribution in [1.29, 1.82) is 0 Å². The number of rotatable bonds is 6. The molecule has 0 aliphatic rings. The first-order valence-corrected chi connectivity index (χ1v) is 8.30. The zero-order chi connectivity index (χ0) is 12.9. The van der Waals surface area contributed by atoms with Crippen LogP contribution < -0.4 is 4.72 Å². The highest BCUT2D eigenvalue weighted by Crippen LogP contribution is 2.13. The fourth-order valence-corrected chi connectivity index (χ4v) is 3.30. The molecule has 0 spiro atoms. The molecular weight excluding hydrogens is 280 g/mol. The Balaban J connectivity index is 2.69. The van der Waals surface area contributed by atoms with E-state index in [9.17, 15) is 8.42 Å². The Morgan fingerprint density at radius 3 is 2.82 bits per heavy atom. The van der Waals surface area contributed by atoms with Gasteiger partial charge in [0.15, 0.2) is 0 Å². The Kier molecular flexibility index (Phi) is 5.72. The molecule has 1 aromatic rings. The van der Waals surface area contributed by atoms with E-state index < -0.39 is 10.0 Å². The molecule has 0 amide bonds. The van der Waals surface area contributed by atoms with Gasteiger partial charge in [-0.2, -0.15) is 11.8 Å². The van der Waals surface area contributed by atoms with E-state index >= 15 is 0 Å². The van der Waals surface area contributed by atoms with Crippen LogP contribution in [0.5, 0.6) is 0 Å². The molecule has 7 heteroatoms. The quantitative estimate of drug-likeness (QED) is 0.872. The van der Waals surface area contributed by atoms with Crippen molar-refractivity contribution in [3.8, 4) is 0 Å². The zero-order valence-electron chi connectivity index (χ0n) is 9.68. The molecule has 0 unspecified atom stereocenters. The summed E-state index contributed by atoms with van der Waals surface area (Å²) in [6, 6.07) is 1.39. The summed E-state index contributed by atoms with van der Waals surface area (Å²) in [7, 11) is -3.50. The summed E-state index contributed by atoms with van der Waals surface area (Å²) in [4.78, 5) is 3.86. The van der Waals surface area contributed by atoms with E-state index in [2.05, 4.69) is 9.71 Å². The van der Waals surface area contributed by atoms with E-state index in [4.69, 9.17) is 11.6 Å². The van der Waals surface area contributed by atoms with Gasteiger partial charge in [-0.05, 0) is 24.0 Å². The van der Waals surface area contributed by atoms with Crippen LogP contribution >= 0.6 is 23.4 Å². The minimum atomic E-state index is -3.50. The largest absolute Gasteiger partial charge is 0.262 e. The number of thioether (sulfide) groups is 1. The molecule has 17 heavy (non-hydrogen) atoms. The van der Waals surface area contributed by atoms with E-state index in [1.807, 2.05) is 13.2 Å². The second-order valence-electron chi connectivity index (χ2n) is 3.75. The predicted molar refractivity (Wildman–Crippen MR) is 72.0 cm³/mol. The van der Waals surface area contributed by atoms with Crippen LogP contribution in [0.25, 0.3) is 0 Å². The highest BCUT2D eigenvalue weighted by molar-refractivity contribution is 7.98. The Labute approximate surface area is 111 Å². The predicted octanol–water partition coefficient (Wildman–Crippen LogP) is 2.01. The van der Waals surface area contributed by atoms with Crippen LogP contribution in [-0.4, -0.2) is 32.0 Å². The summed E-state index contributed by atoms with van der Waals surface area (Å²) >= 11 is 7.40. The first-order chi connectivity index (χ1) is 7.95. The minimum Gasteiger partial charge on any atom is -0.262 e. The van der Waals surface area contributed by atoms with Gasteiger partial charge in [-0.1, -0.05) is 18.5 Å². The van der Waals surface area contributed by atoms with Gasteiger partial charge in [-0.15, -0.1) is 0 Å². The molecule has 0 saturated carbocycles. The number of sulfonamides is 1. The minimum absolute atomic E-state index is 0.0985. The maximum Gasteiger partial charge on any atom is 0.242 e. The number of hydrogen-bond acceptors (Lipinski definition) is 4. The summed E-state index contributed by atoms with van der Waals surface area (Å²) in [5.74, 6) is 1.20. The lowest BCUT2D eigenvalue weighted by Crippen LogP contribution is -2.29. The maximum absolute atomic E-state index is 11.9. The molecule has 1 atom stereocenters. The highest BCUT2D eigenvalue weighted by Gasteiger charge is 2.15.